The molecule has 1 aliphatic carbocycles. The van der Waals surface area contributed by atoms with E-state index in [1.54, 1.807) is 0 Å². The molecule has 1 heterocycles. The van der Waals surface area contributed by atoms with E-state index in [4.69, 9.17) is 9.47 Å². The van der Waals surface area contributed by atoms with Crippen LogP contribution in [0.15, 0.2) is 12.7 Å². The Morgan fingerprint density at radius 1 is 0.979 bits per heavy atom. The first-order valence-corrected chi connectivity index (χ1v) is 17.0. The van der Waals surface area contributed by atoms with Gasteiger partial charge in [0.1, 0.15) is 18.7 Å². The second-order valence-electron chi connectivity index (χ2n) is 16.3. The number of hydrogen-bond acceptors (Lipinski definition) is 8. The molecule has 13 heteroatoms. The summed E-state index contributed by atoms with van der Waals surface area (Å²) in [7, 11) is 0. The molecule has 48 heavy (non-hydrogen) atoms. The van der Waals surface area contributed by atoms with E-state index in [2.05, 4.69) is 27.8 Å². The minimum atomic E-state index is -1.05. The average molecular weight is 678 g/mol. The second kappa shape index (κ2) is 16.2. The molecule has 0 bridgehead atoms. The van der Waals surface area contributed by atoms with Gasteiger partial charge in [-0.15, -0.1) is 6.58 Å². The topological polar surface area (TPSA) is 172 Å². The van der Waals surface area contributed by atoms with Gasteiger partial charge in [-0.1, -0.05) is 88.7 Å². The summed E-state index contributed by atoms with van der Waals surface area (Å²) in [5, 5.41) is 10.9. The van der Waals surface area contributed by atoms with Crippen molar-refractivity contribution in [3.05, 3.63) is 12.7 Å². The van der Waals surface area contributed by atoms with Gasteiger partial charge in [-0.05, 0) is 40.4 Å². The number of carbonyl (C=O) groups is 6. The summed E-state index contributed by atoms with van der Waals surface area (Å²) < 4.78 is 10.4. The predicted molar refractivity (Wildman–Crippen MR) is 182 cm³/mol. The van der Waals surface area contributed by atoms with Crippen LogP contribution in [-0.4, -0.2) is 91.1 Å². The maximum Gasteiger partial charge on any atom is 0.508 e. The molecule has 6 atom stereocenters. The molecule has 272 valence electrons. The van der Waals surface area contributed by atoms with Gasteiger partial charge in [0.15, 0.2) is 0 Å². The number of fused-ring (bicyclic) bond motifs is 1. The predicted octanol–water partition coefficient (Wildman–Crippen LogP) is 3.56. The fraction of sp³-hybridized carbons (Fsp3) is 0.771. The van der Waals surface area contributed by atoms with Crippen molar-refractivity contribution in [3.8, 4) is 0 Å². The highest BCUT2D eigenvalue weighted by atomic mass is 16.7. The highest BCUT2D eigenvalue weighted by Gasteiger charge is 2.70. The molecule has 2 rings (SSSR count). The van der Waals surface area contributed by atoms with Crippen LogP contribution in [0.5, 0.6) is 0 Å². The second-order valence-corrected chi connectivity index (χ2v) is 16.3. The molecule has 4 N–H and O–H groups in total. The third-order valence-electron chi connectivity index (χ3n) is 9.11. The number of nitrogens with one attached hydrogen (secondary N) is 4. The van der Waals surface area contributed by atoms with Crippen molar-refractivity contribution in [2.45, 2.75) is 113 Å². The Morgan fingerprint density at radius 2 is 1.60 bits per heavy atom. The fourth-order valence-corrected chi connectivity index (χ4v) is 6.07. The van der Waals surface area contributed by atoms with Crippen LogP contribution < -0.4 is 21.3 Å². The van der Waals surface area contributed by atoms with Crippen LogP contribution in [0.2, 0.25) is 0 Å². The number of ketones is 1. The zero-order valence-electron chi connectivity index (χ0n) is 30.8. The molecule has 0 aromatic rings. The van der Waals surface area contributed by atoms with Gasteiger partial charge in [0, 0.05) is 13.1 Å². The summed E-state index contributed by atoms with van der Waals surface area (Å²) in [6.45, 7) is 24.9. The number of carbonyl (C=O) groups excluding carboxylic acids is 6. The summed E-state index contributed by atoms with van der Waals surface area (Å²) in [6, 6.07) is -4.14. The number of ether oxygens (including phenoxy) is 2. The number of piperidine rings is 1. The van der Waals surface area contributed by atoms with Gasteiger partial charge in [-0.3, -0.25) is 19.2 Å². The maximum absolute atomic E-state index is 14.3. The van der Waals surface area contributed by atoms with Crippen LogP contribution in [0.3, 0.4) is 0 Å². The monoisotopic (exact) mass is 677 g/mol. The molecule has 1 saturated heterocycles. The molecule has 1 unspecified atom stereocenters. The van der Waals surface area contributed by atoms with Crippen LogP contribution >= 0.6 is 0 Å². The Labute approximate surface area is 286 Å². The van der Waals surface area contributed by atoms with Gasteiger partial charge in [-0.25, -0.2) is 9.59 Å². The van der Waals surface area contributed by atoms with Crippen molar-refractivity contribution < 1.29 is 38.2 Å². The number of rotatable bonds is 15. The summed E-state index contributed by atoms with van der Waals surface area (Å²) in [6.07, 6.45) is 1.42. The van der Waals surface area contributed by atoms with Gasteiger partial charge >= 0.3 is 12.2 Å². The van der Waals surface area contributed by atoms with E-state index in [1.807, 2.05) is 76.2 Å². The number of hydrogen-bond donors (Lipinski definition) is 4. The minimum Gasteiger partial charge on any atom is -0.434 e. The first-order chi connectivity index (χ1) is 22.1. The molecule has 2 aliphatic rings. The molecule has 1 aliphatic heterocycles. The third-order valence-corrected chi connectivity index (χ3v) is 9.11. The van der Waals surface area contributed by atoms with Crippen molar-refractivity contribution in [1.82, 2.24) is 26.2 Å². The quantitative estimate of drug-likeness (QED) is 0.116. The van der Waals surface area contributed by atoms with Crippen LogP contribution in [0.25, 0.3) is 0 Å². The highest BCUT2D eigenvalue weighted by Crippen LogP contribution is 2.65. The van der Waals surface area contributed by atoms with Crippen molar-refractivity contribution in [2.24, 2.45) is 34.0 Å². The molecule has 0 aromatic carbocycles. The van der Waals surface area contributed by atoms with Crippen molar-refractivity contribution >= 4 is 35.7 Å². The number of nitrogens with zero attached hydrogens (tertiary/aromatic N) is 1. The fourth-order valence-electron chi connectivity index (χ4n) is 6.07. The average Bonchev–Trinajstić information content (AvgIpc) is 3.28. The molecular formula is C35H59N5O8. The van der Waals surface area contributed by atoms with E-state index < -0.39 is 65.3 Å². The van der Waals surface area contributed by atoms with Gasteiger partial charge in [0.2, 0.25) is 17.6 Å². The van der Waals surface area contributed by atoms with E-state index in [0.29, 0.717) is 13.0 Å². The van der Waals surface area contributed by atoms with Crippen LogP contribution in [0.4, 0.5) is 9.59 Å². The first kappa shape index (κ1) is 40.5. The van der Waals surface area contributed by atoms with E-state index in [0.717, 1.165) is 0 Å². The van der Waals surface area contributed by atoms with Crippen molar-refractivity contribution in [1.29, 1.82) is 0 Å². The summed E-state index contributed by atoms with van der Waals surface area (Å²) in [5.41, 5.74) is -1.18. The SMILES string of the molecule is C=CCNC(=O)C(=O)C(CCC)NC(=O)[C@@H]1[C@@H]2[C@H](CN1C(=O)[C@@H](NC(=O)N[C@H](COC(=O)OCC(C)(C)C)C(C)C)C(C)(C)C)C2(C)C. The normalized spacial score (nSPS) is 21.6. The lowest BCUT2D eigenvalue weighted by Crippen LogP contribution is -2.62. The standard InChI is InChI=1S/C35H59N5O8/c1-13-15-22(26(41)29(43)36-16-14-2)37-28(42)25-24-21(35(24,11)12)17-40(25)30(44)27(34(8,9)10)39-31(45)38-23(20(3)4)18-47-32(46)48-19-33(5,6)7/h14,20-25,27H,2,13,15-19H2,1,3-12H3,(H,36,43)(H,37,42)(H2,38,39,45)/t21-,22?,23+,24-,25-,27+/m0/s1. The molecule has 0 spiro atoms. The third kappa shape index (κ3) is 10.7. The molecule has 2 fully saturated rings. The zero-order valence-corrected chi connectivity index (χ0v) is 30.8. The lowest BCUT2D eigenvalue weighted by atomic mass is 9.85. The molecule has 1 saturated carbocycles. The zero-order chi connectivity index (χ0) is 36.8. The maximum atomic E-state index is 14.3. The Hall–Kier alpha value is -3.64. The number of amides is 5. The number of likely N-dealkylation sites (tertiary alicyclic amines) is 1. The first-order valence-electron chi connectivity index (χ1n) is 17.0. The molecule has 0 aromatic heterocycles. The van der Waals surface area contributed by atoms with Crippen molar-refractivity contribution in [3.63, 3.8) is 0 Å². The largest absolute Gasteiger partial charge is 0.508 e. The summed E-state index contributed by atoms with van der Waals surface area (Å²) in [5.74, 6) is -2.71. The van der Waals surface area contributed by atoms with Gasteiger partial charge in [0.05, 0.1) is 18.7 Å². The van der Waals surface area contributed by atoms with E-state index in [9.17, 15) is 28.8 Å². The van der Waals surface area contributed by atoms with E-state index in [1.165, 1.54) is 11.0 Å². The highest BCUT2D eigenvalue weighted by molar-refractivity contribution is 6.38. The number of urea groups is 1. The van der Waals surface area contributed by atoms with Crippen LogP contribution in [-0.2, 0) is 28.7 Å². The van der Waals surface area contributed by atoms with Gasteiger partial charge in [0.25, 0.3) is 5.91 Å². The smallest absolute Gasteiger partial charge is 0.434 e. The van der Waals surface area contributed by atoms with Gasteiger partial charge in [-0.2, -0.15) is 0 Å². The Morgan fingerprint density at radius 3 is 2.12 bits per heavy atom. The lowest BCUT2D eigenvalue weighted by molar-refractivity contribution is -0.145. The number of Topliss-reactive ketones (excluding diaryl/α,β-unsaturated/α-hetero) is 1. The van der Waals surface area contributed by atoms with Crippen molar-refractivity contribution in [2.75, 3.05) is 26.3 Å². The minimum absolute atomic E-state index is 0.0587. The molecule has 0 radical (unpaired) electrons. The van der Waals surface area contributed by atoms with E-state index >= 15 is 0 Å². The summed E-state index contributed by atoms with van der Waals surface area (Å²) >= 11 is 0. The Bertz CT molecular complexity index is 1220. The molecule has 13 nitrogen and oxygen atoms in total. The lowest BCUT2D eigenvalue weighted by Gasteiger charge is -2.38. The van der Waals surface area contributed by atoms with E-state index in [-0.39, 0.29) is 54.8 Å². The molecule has 5 amide bonds. The summed E-state index contributed by atoms with van der Waals surface area (Å²) in [4.78, 5) is 80.5. The Balaban J connectivity index is 2.22. The van der Waals surface area contributed by atoms with Gasteiger partial charge < -0.3 is 35.6 Å². The van der Waals surface area contributed by atoms with Crippen LogP contribution in [0.1, 0.15) is 89.0 Å². The molecular weight excluding hydrogens is 618 g/mol. The van der Waals surface area contributed by atoms with Crippen LogP contribution in [0, 0.1) is 34.0 Å². The Kier molecular flexibility index (Phi) is 13.7.